The molecule has 0 unspecified atom stereocenters. The topological polar surface area (TPSA) is 9.23 Å². The van der Waals surface area contributed by atoms with Crippen LogP contribution < -0.4 is 4.74 Å². The van der Waals surface area contributed by atoms with Gasteiger partial charge in [-0.2, -0.15) is 0 Å². The van der Waals surface area contributed by atoms with Crippen LogP contribution in [0.15, 0.2) is 121 Å². The van der Waals surface area contributed by atoms with E-state index in [1.54, 1.807) is 0 Å². The number of hydrogen-bond donors (Lipinski definition) is 0. The van der Waals surface area contributed by atoms with E-state index in [0.717, 1.165) is 24.3 Å². The van der Waals surface area contributed by atoms with Gasteiger partial charge in [0.1, 0.15) is 11.5 Å². The molecule has 0 saturated carbocycles. The van der Waals surface area contributed by atoms with E-state index >= 15 is 0 Å². The first kappa shape index (κ1) is 20.4. The first-order valence-corrected chi connectivity index (χ1v) is 10.6. The Morgan fingerprint density at radius 2 is 0.839 bits per heavy atom. The van der Waals surface area contributed by atoms with Crippen molar-refractivity contribution in [1.82, 2.24) is 0 Å². The van der Waals surface area contributed by atoms with Crippen molar-refractivity contribution in [3.05, 3.63) is 144 Å². The molecule has 4 rings (SSSR count). The zero-order valence-electron chi connectivity index (χ0n) is 17.5. The van der Waals surface area contributed by atoms with Gasteiger partial charge in [0.15, 0.2) is 0 Å². The van der Waals surface area contributed by atoms with Gasteiger partial charge in [0.25, 0.3) is 0 Å². The molecule has 1 heteroatoms. The van der Waals surface area contributed by atoms with Crippen LogP contribution in [0.2, 0.25) is 0 Å². The van der Waals surface area contributed by atoms with E-state index < -0.39 is 0 Å². The molecule has 0 N–H and O–H groups in total. The number of ether oxygens (including phenoxy) is 1. The maximum absolute atomic E-state index is 6.00. The summed E-state index contributed by atoms with van der Waals surface area (Å²) < 4.78 is 6.00. The summed E-state index contributed by atoms with van der Waals surface area (Å²) in [5.41, 5.74) is 4.98. The Labute approximate surface area is 185 Å². The smallest absolute Gasteiger partial charge is 0.127 e. The summed E-state index contributed by atoms with van der Waals surface area (Å²) in [4.78, 5) is 0. The van der Waals surface area contributed by atoms with Gasteiger partial charge in [-0.15, -0.1) is 0 Å². The van der Waals surface area contributed by atoms with E-state index in [0.29, 0.717) is 0 Å². The number of benzene rings is 4. The molecule has 0 fully saturated rings. The number of allylic oxidation sites excluding steroid dienone is 2. The van der Waals surface area contributed by atoms with E-state index in [1.165, 1.54) is 22.3 Å². The van der Waals surface area contributed by atoms with Crippen LogP contribution in [-0.4, -0.2) is 0 Å². The van der Waals surface area contributed by atoms with Gasteiger partial charge in [0, 0.05) is 0 Å². The van der Waals surface area contributed by atoms with Crippen molar-refractivity contribution in [2.75, 3.05) is 0 Å². The van der Waals surface area contributed by atoms with Crippen LogP contribution in [0.4, 0.5) is 0 Å². The third-order valence-corrected chi connectivity index (χ3v) is 5.01. The first-order chi connectivity index (χ1) is 15.3. The number of rotatable bonds is 8. The van der Waals surface area contributed by atoms with Crippen LogP contribution in [0.1, 0.15) is 22.3 Å². The van der Waals surface area contributed by atoms with E-state index in [2.05, 4.69) is 97.1 Å². The van der Waals surface area contributed by atoms with Crippen LogP contribution in [0.3, 0.4) is 0 Å². The summed E-state index contributed by atoms with van der Waals surface area (Å²) in [7, 11) is 0. The summed E-state index contributed by atoms with van der Waals surface area (Å²) in [6.45, 7) is 0. The van der Waals surface area contributed by atoms with Crippen LogP contribution in [0, 0.1) is 0 Å². The monoisotopic (exact) mass is 402 g/mol. The predicted octanol–water partition coefficient (Wildman–Crippen LogP) is 7.99. The molecule has 0 amide bonds. The second-order valence-corrected chi connectivity index (χ2v) is 7.42. The SMILES string of the molecule is C(=C\c1ccccc1)/Cc1ccc(Oc2ccc(C/C=C/c3ccccc3)cc2)cc1. The lowest BCUT2D eigenvalue weighted by Crippen LogP contribution is -1.87. The second kappa shape index (κ2) is 10.8. The van der Waals surface area contributed by atoms with Gasteiger partial charge in [-0.05, 0) is 59.4 Å². The lowest BCUT2D eigenvalue weighted by Gasteiger charge is -2.07. The Morgan fingerprint density at radius 3 is 1.23 bits per heavy atom. The Hall–Kier alpha value is -3.84. The lowest BCUT2D eigenvalue weighted by atomic mass is 10.1. The van der Waals surface area contributed by atoms with Crippen LogP contribution >= 0.6 is 0 Å². The van der Waals surface area contributed by atoms with Gasteiger partial charge >= 0.3 is 0 Å². The van der Waals surface area contributed by atoms with Gasteiger partial charge in [-0.25, -0.2) is 0 Å². The lowest BCUT2D eigenvalue weighted by molar-refractivity contribution is 0.482. The predicted molar refractivity (Wildman–Crippen MR) is 131 cm³/mol. The molecule has 0 aliphatic rings. The normalized spacial score (nSPS) is 11.2. The minimum absolute atomic E-state index is 0.854. The molecule has 1 nitrogen and oxygen atoms in total. The maximum Gasteiger partial charge on any atom is 0.127 e. The fourth-order valence-electron chi connectivity index (χ4n) is 3.31. The van der Waals surface area contributed by atoms with Crippen molar-refractivity contribution in [3.8, 4) is 11.5 Å². The average molecular weight is 403 g/mol. The Kier molecular flexibility index (Phi) is 7.12. The molecule has 0 aliphatic heterocycles. The zero-order chi connectivity index (χ0) is 21.1. The maximum atomic E-state index is 6.00. The molecule has 31 heavy (non-hydrogen) atoms. The van der Waals surface area contributed by atoms with Crippen molar-refractivity contribution in [2.45, 2.75) is 12.8 Å². The summed E-state index contributed by atoms with van der Waals surface area (Å²) in [6.07, 6.45) is 10.5. The molecule has 0 saturated heterocycles. The fraction of sp³-hybridized carbons (Fsp3) is 0.0667. The van der Waals surface area contributed by atoms with Crippen molar-refractivity contribution >= 4 is 12.2 Å². The van der Waals surface area contributed by atoms with E-state index in [1.807, 2.05) is 36.4 Å². The highest BCUT2D eigenvalue weighted by Crippen LogP contribution is 2.22. The molecule has 0 spiro atoms. The minimum atomic E-state index is 0.854. The molecule has 0 radical (unpaired) electrons. The molecule has 152 valence electrons. The third-order valence-electron chi connectivity index (χ3n) is 5.01. The van der Waals surface area contributed by atoms with Crippen molar-refractivity contribution in [3.63, 3.8) is 0 Å². The summed E-state index contributed by atoms with van der Waals surface area (Å²) in [5, 5.41) is 0. The highest BCUT2D eigenvalue weighted by atomic mass is 16.5. The van der Waals surface area contributed by atoms with Gasteiger partial charge in [0.05, 0.1) is 0 Å². The van der Waals surface area contributed by atoms with Crippen molar-refractivity contribution in [1.29, 1.82) is 0 Å². The number of hydrogen-bond acceptors (Lipinski definition) is 1. The molecule has 0 atom stereocenters. The summed E-state index contributed by atoms with van der Waals surface area (Å²) >= 11 is 0. The fourth-order valence-corrected chi connectivity index (χ4v) is 3.31. The van der Waals surface area contributed by atoms with Gasteiger partial charge in [0.2, 0.25) is 0 Å². The molecule has 4 aromatic carbocycles. The standard InChI is InChI=1S/C30H26O/c1-3-9-25(10-4-1)13-7-15-27-17-21-29(22-18-27)31-30-23-19-28(20-24-30)16-8-14-26-11-5-2-6-12-26/h1-14,17-24H,15-16H2/b13-7+,14-8+. The Morgan fingerprint density at radius 1 is 0.452 bits per heavy atom. The summed E-state index contributed by atoms with van der Waals surface area (Å²) in [5.74, 6) is 1.71. The summed E-state index contributed by atoms with van der Waals surface area (Å²) in [6, 6.07) is 37.3. The Bertz CT molecular complexity index is 1010. The highest BCUT2D eigenvalue weighted by molar-refractivity contribution is 5.50. The van der Waals surface area contributed by atoms with Crippen molar-refractivity contribution < 1.29 is 4.74 Å². The molecular weight excluding hydrogens is 376 g/mol. The van der Waals surface area contributed by atoms with E-state index in [9.17, 15) is 0 Å². The largest absolute Gasteiger partial charge is 0.457 e. The van der Waals surface area contributed by atoms with Crippen LogP contribution in [0.5, 0.6) is 11.5 Å². The van der Waals surface area contributed by atoms with E-state index in [4.69, 9.17) is 4.74 Å². The van der Waals surface area contributed by atoms with E-state index in [-0.39, 0.29) is 0 Å². The molecule has 4 aromatic rings. The second-order valence-electron chi connectivity index (χ2n) is 7.42. The highest BCUT2D eigenvalue weighted by Gasteiger charge is 1.99. The Balaban J connectivity index is 1.28. The van der Waals surface area contributed by atoms with Gasteiger partial charge in [-0.1, -0.05) is 109 Å². The quantitative estimate of drug-likeness (QED) is 0.290. The van der Waals surface area contributed by atoms with Gasteiger partial charge < -0.3 is 4.74 Å². The molecule has 0 heterocycles. The third kappa shape index (κ3) is 6.58. The first-order valence-electron chi connectivity index (χ1n) is 10.6. The minimum Gasteiger partial charge on any atom is -0.457 e. The molecular formula is C30H26O. The molecule has 0 bridgehead atoms. The average Bonchev–Trinajstić information content (AvgIpc) is 2.83. The van der Waals surface area contributed by atoms with Crippen LogP contribution in [0.25, 0.3) is 12.2 Å². The van der Waals surface area contributed by atoms with Gasteiger partial charge in [-0.3, -0.25) is 0 Å². The van der Waals surface area contributed by atoms with Crippen molar-refractivity contribution in [2.24, 2.45) is 0 Å². The molecule has 0 aliphatic carbocycles. The zero-order valence-corrected chi connectivity index (χ0v) is 17.5. The van der Waals surface area contributed by atoms with Crippen LogP contribution in [-0.2, 0) is 12.8 Å². The molecule has 0 aromatic heterocycles.